The lowest BCUT2D eigenvalue weighted by Gasteiger charge is -2.74. The molecule has 0 aromatic heterocycles. The van der Waals surface area contributed by atoms with Crippen LogP contribution in [0, 0.1) is 28.1 Å². The van der Waals surface area contributed by atoms with E-state index in [0.29, 0.717) is 25.7 Å². The highest BCUT2D eigenvalue weighted by Crippen LogP contribution is 2.73. The number of carbonyl (C=O) groups is 2. The highest BCUT2D eigenvalue weighted by molar-refractivity contribution is 5.66. The molecule has 0 radical (unpaired) electrons. The molecule has 31 heavy (non-hydrogen) atoms. The van der Waals surface area contributed by atoms with Gasteiger partial charge in [0.1, 0.15) is 11.7 Å². The monoisotopic (exact) mass is 436 g/mol. The normalized spacial score (nSPS) is 50.9. The van der Waals surface area contributed by atoms with E-state index >= 15 is 0 Å². The topological polar surface area (TPSA) is 113 Å². The third-order valence-corrected chi connectivity index (χ3v) is 9.57. The minimum atomic E-state index is -1.66. The molecule has 0 heterocycles. The van der Waals surface area contributed by atoms with E-state index in [4.69, 9.17) is 9.47 Å². The number of carbonyl (C=O) groups excluding carboxylic acids is 2. The van der Waals surface area contributed by atoms with Gasteiger partial charge in [-0.1, -0.05) is 26.0 Å². The molecule has 7 nitrogen and oxygen atoms in total. The van der Waals surface area contributed by atoms with Gasteiger partial charge in [0.2, 0.25) is 0 Å². The van der Waals surface area contributed by atoms with Crippen LogP contribution in [0.5, 0.6) is 0 Å². The minimum absolute atomic E-state index is 0.0264. The van der Waals surface area contributed by atoms with Crippen molar-refractivity contribution >= 4 is 11.9 Å². The van der Waals surface area contributed by atoms with Crippen LogP contribution in [0.25, 0.3) is 0 Å². The van der Waals surface area contributed by atoms with Crippen molar-refractivity contribution < 1.29 is 34.4 Å². The second-order valence-electron chi connectivity index (χ2n) is 11.1. The summed E-state index contributed by atoms with van der Waals surface area (Å²) >= 11 is 0. The van der Waals surface area contributed by atoms with E-state index in [1.165, 1.54) is 13.8 Å². The zero-order chi connectivity index (χ0) is 23.0. The van der Waals surface area contributed by atoms with Crippen molar-refractivity contribution in [2.75, 3.05) is 6.61 Å². The van der Waals surface area contributed by atoms with Crippen LogP contribution in [0.1, 0.15) is 66.2 Å². The number of esters is 2. The average Bonchev–Trinajstić information content (AvgIpc) is 2.67. The summed E-state index contributed by atoms with van der Waals surface area (Å²) in [7, 11) is 0. The summed E-state index contributed by atoms with van der Waals surface area (Å²) in [5, 5.41) is 35.2. The molecule has 5 aliphatic carbocycles. The van der Waals surface area contributed by atoms with Gasteiger partial charge in [-0.25, -0.2) is 0 Å². The molecule has 174 valence electrons. The summed E-state index contributed by atoms with van der Waals surface area (Å²) in [5.41, 5.74) is -3.14. The Hall–Kier alpha value is -1.44. The van der Waals surface area contributed by atoms with Crippen molar-refractivity contribution in [2.45, 2.75) is 90.1 Å². The largest absolute Gasteiger partial charge is 0.465 e. The molecular formula is C24H36O7. The van der Waals surface area contributed by atoms with Crippen molar-refractivity contribution in [3.05, 3.63) is 12.2 Å². The molecule has 5 aliphatic rings. The van der Waals surface area contributed by atoms with Gasteiger partial charge in [-0.15, -0.1) is 0 Å². The van der Waals surface area contributed by atoms with Crippen molar-refractivity contribution in [3.8, 4) is 0 Å². The molecule has 3 N–H and O–H groups in total. The predicted octanol–water partition coefficient (Wildman–Crippen LogP) is 2.12. The summed E-state index contributed by atoms with van der Waals surface area (Å²) < 4.78 is 11.1. The molecule has 2 bridgehead atoms. The van der Waals surface area contributed by atoms with Crippen molar-refractivity contribution in [3.63, 3.8) is 0 Å². The molecule has 0 saturated heterocycles. The van der Waals surface area contributed by atoms with E-state index in [0.717, 1.165) is 12.0 Å². The van der Waals surface area contributed by atoms with Crippen molar-refractivity contribution in [2.24, 2.45) is 28.1 Å². The quantitative estimate of drug-likeness (QED) is 0.459. The van der Waals surface area contributed by atoms with E-state index in [2.05, 4.69) is 6.58 Å². The Morgan fingerprint density at radius 3 is 2.42 bits per heavy atom. The number of ether oxygens (including phenoxy) is 2. The smallest absolute Gasteiger partial charge is 0.302 e. The Labute approximate surface area is 183 Å². The van der Waals surface area contributed by atoms with Crippen LogP contribution in [-0.2, 0) is 19.1 Å². The predicted molar refractivity (Wildman–Crippen MR) is 112 cm³/mol. The van der Waals surface area contributed by atoms with Gasteiger partial charge in [-0.05, 0) is 50.4 Å². The van der Waals surface area contributed by atoms with Gasteiger partial charge in [0, 0.05) is 30.1 Å². The molecule has 5 rings (SSSR count). The summed E-state index contributed by atoms with van der Waals surface area (Å²) in [6.07, 6.45) is 0.693. The lowest BCUT2D eigenvalue weighted by molar-refractivity contribution is -0.352. The number of fused-ring (bicyclic) bond motifs is 3. The van der Waals surface area contributed by atoms with Crippen molar-refractivity contribution in [1.82, 2.24) is 0 Å². The first-order valence-corrected chi connectivity index (χ1v) is 11.4. The Kier molecular flexibility index (Phi) is 5.16. The summed E-state index contributed by atoms with van der Waals surface area (Å²) in [6, 6.07) is 0. The highest BCUT2D eigenvalue weighted by Gasteiger charge is 2.78. The van der Waals surface area contributed by atoms with Crippen LogP contribution in [0.15, 0.2) is 12.2 Å². The van der Waals surface area contributed by atoms with Crippen LogP contribution in [0.3, 0.4) is 0 Å². The number of aliphatic hydroxyl groups excluding tert-OH is 2. The number of allylic oxidation sites excluding steroid dienone is 1. The first kappa shape index (κ1) is 22.7. The summed E-state index contributed by atoms with van der Waals surface area (Å²) in [6.45, 7) is 10.7. The minimum Gasteiger partial charge on any atom is -0.465 e. The maximum absolute atomic E-state index is 12.3. The van der Waals surface area contributed by atoms with Crippen molar-refractivity contribution in [1.29, 1.82) is 0 Å². The van der Waals surface area contributed by atoms with Gasteiger partial charge in [0.15, 0.2) is 0 Å². The Bertz CT molecular complexity index is 810. The van der Waals surface area contributed by atoms with Crippen LogP contribution >= 0.6 is 0 Å². The van der Waals surface area contributed by atoms with E-state index in [-0.39, 0.29) is 36.9 Å². The molecule has 0 amide bonds. The van der Waals surface area contributed by atoms with Gasteiger partial charge in [0.25, 0.3) is 0 Å². The van der Waals surface area contributed by atoms with E-state index in [1.54, 1.807) is 0 Å². The Morgan fingerprint density at radius 2 is 1.81 bits per heavy atom. The fourth-order valence-corrected chi connectivity index (χ4v) is 8.08. The molecule has 1 spiro atoms. The summed E-state index contributed by atoms with van der Waals surface area (Å²) in [4.78, 5) is 23.5. The lowest BCUT2D eigenvalue weighted by atomic mass is 9.33. The van der Waals surface area contributed by atoms with Gasteiger partial charge in [-0.3, -0.25) is 9.59 Å². The summed E-state index contributed by atoms with van der Waals surface area (Å²) in [5.74, 6) is -0.835. The molecule has 0 aromatic carbocycles. The van der Waals surface area contributed by atoms with Gasteiger partial charge in [0.05, 0.1) is 18.8 Å². The molecule has 5 saturated carbocycles. The maximum Gasteiger partial charge on any atom is 0.302 e. The lowest BCUT2D eigenvalue weighted by Crippen LogP contribution is -2.80. The molecule has 0 aliphatic heterocycles. The number of rotatable bonds is 3. The molecular weight excluding hydrogens is 400 g/mol. The molecule has 0 unspecified atom stereocenters. The fraction of sp³-hybridized carbons (Fsp3) is 0.833. The third-order valence-electron chi connectivity index (χ3n) is 9.57. The Morgan fingerprint density at radius 1 is 1.13 bits per heavy atom. The fourth-order valence-electron chi connectivity index (χ4n) is 8.08. The van der Waals surface area contributed by atoms with Crippen LogP contribution < -0.4 is 0 Å². The van der Waals surface area contributed by atoms with Crippen LogP contribution in [0.2, 0.25) is 0 Å². The highest BCUT2D eigenvalue weighted by atomic mass is 16.5. The average molecular weight is 437 g/mol. The SMILES string of the molecule is C=C1C[C@@]23C[C@@H](O)[C@]4(O)[C@@](C)(COC(C)=O)CC[C@@H](O)[C@@]4(C)[C@@H]2C[C@@H]1C[C@@H]3OC(C)=O. The van der Waals surface area contributed by atoms with Crippen LogP contribution in [-0.4, -0.2) is 57.8 Å². The zero-order valence-electron chi connectivity index (χ0n) is 19.0. The molecule has 0 aromatic rings. The first-order valence-electron chi connectivity index (χ1n) is 11.4. The standard InChI is InChI=1S/C24H36O7/c1-13-10-23-11-19(28)24(29)21(4,12-30-14(2)25)7-6-18(27)22(24,5)17(23)8-16(13)9-20(23)31-15(3)26/h16-20,27-29H,1,6-12H2,2-5H3/t16-,17+,18-,19-,20+,21-,22-,23-,24+/m1/s1. The molecule has 7 heteroatoms. The molecule has 5 fully saturated rings. The van der Waals surface area contributed by atoms with E-state index in [1.807, 2.05) is 13.8 Å². The second-order valence-corrected chi connectivity index (χ2v) is 11.1. The molecule has 9 atom stereocenters. The zero-order valence-corrected chi connectivity index (χ0v) is 19.0. The van der Waals surface area contributed by atoms with Gasteiger partial charge in [-0.2, -0.15) is 0 Å². The maximum atomic E-state index is 12.3. The van der Waals surface area contributed by atoms with Gasteiger partial charge < -0.3 is 24.8 Å². The van der Waals surface area contributed by atoms with Crippen LogP contribution in [0.4, 0.5) is 0 Å². The third kappa shape index (κ3) is 2.82. The van der Waals surface area contributed by atoms with E-state index in [9.17, 15) is 24.9 Å². The second kappa shape index (κ2) is 7.03. The van der Waals surface area contributed by atoms with Gasteiger partial charge >= 0.3 is 11.9 Å². The first-order chi connectivity index (χ1) is 14.3. The Balaban J connectivity index is 1.84. The number of hydrogen-bond donors (Lipinski definition) is 3. The number of aliphatic hydroxyl groups is 3. The van der Waals surface area contributed by atoms with E-state index < -0.39 is 40.0 Å². The number of hydrogen-bond acceptors (Lipinski definition) is 7.